The maximum atomic E-state index is 13.0. The highest BCUT2D eigenvalue weighted by Crippen LogP contribution is 2.32. The fraction of sp³-hybridized carbons (Fsp3) is 0.111. The van der Waals surface area contributed by atoms with Crippen molar-refractivity contribution in [2.45, 2.75) is 12.7 Å². The fourth-order valence-corrected chi connectivity index (χ4v) is 3.31. The molecule has 0 unspecified atom stereocenters. The minimum absolute atomic E-state index is 0.137. The summed E-state index contributed by atoms with van der Waals surface area (Å²) in [5, 5.41) is 4.43. The third-order valence-electron chi connectivity index (χ3n) is 3.94. The van der Waals surface area contributed by atoms with Gasteiger partial charge in [0.1, 0.15) is 5.76 Å². The Balaban J connectivity index is 1.78. The molecule has 0 saturated heterocycles. The minimum atomic E-state index is -4.47. The zero-order chi connectivity index (χ0) is 19.0. The van der Waals surface area contributed by atoms with Crippen LogP contribution < -0.4 is 5.32 Å². The van der Waals surface area contributed by atoms with E-state index in [1.807, 2.05) is 0 Å². The van der Waals surface area contributed by atoms with Gasteiger partial charge in [-0.3, -0.25) is 10.1 Å². The van der Waals surface area contributed by atoms with Gasteiger partial charge in [0.15, 0.2) is 0 Å². The highest BCUT2D eigenvalue weighted by Gasteiger charge is 2.31. The summed E-state index contributed by atoms with van der Waals surface area (Å²) in [6.45, 7) is 0.217. The topological polar surface area (TPSA) is 60.1 Å². The smallest absolute Gasteiger partial charge is 0.416 e. The molecule has 27 heavy (non-hydrogen) atoms. The molecular formula is C18H12F3N3O2S. The Morgan fingerprint density at radius 1 is 1.22 bits per heavy atom. The number of halogens is 3. The SMILES string of the molecule is O=C(Nc1nc2cc(C(F)(F)F)ccc2n1Cc1ccco1)c1cccs1. The Bertz CT molecular complexity index is 1080. The van der Waals surface area contributed by atoms with Gasteiger partial charge in [-0.1, -0.05) is 6.07 Å². The number of fused-ring (bicyclic) bond motifs is 1. The van der Waals surface area contributed by atoms with Crippen LogP contribution in [0.3, 0.4) is 0 Å². The van der Waals surface area contributed by atoms with Crippen molar-refractivity contribution in [1.29, 1.82) is 0 Å². The number of thiophene rings is 1. The average Bonchev–Trinajstić information content (AvgIpc) is 3.36. The second kappa shape index (κ2) is 6.58. The van der Waals surface area contributed by atoms with Crippen LogP contribution in [0.1, 0.15) is 21.0 Å². The molecule has 0 aliphatic heterocycles. The monoisotopic (exact) mass is 391 g/mol. The van der Waals surface area contributed by atoms with Crippen molar-refractivity contribution >= 4 is 34.2 Å². The number of aromatic nitrogens is 2. The van der Waals surface area contributed by atoms with E-state index in [4.69, 9.17) is 4.42 Å². The Morgan fingerprint density at radius 3 is 2.74 bits per heavy atom. The van der Waals surface area contributed by atoms with E-state index >= 15 is 0 Å². The molecule has 1 amide bonds. The fourth-order valence-electron chi connectivity index (χ4n) is 2.69. The number of anilines is 1. The Morgan fingerprint density at radius 2 is 2.07 bits per heavy atom. The lowest BCUT2D eigenvalue weighted by atomic mass is 10.2. The summed E-state index contributed by atoms with van der Waals surface area (Å²) in [6.07, 6.45) is -2.97. The lowest BCUT2D eigenvalue weighted by molar-refractivity contribution is -0.137. The van der Waals surface area contributed by atoms with Gasteiger partial charge in [0.25, 0.3) is 5.91 Å². The van der Waals surface area contributed by atoms with Crippen LogP contribution >= 0.6 is 11.3 Å². The summed E-state index contributed by atoms with van der Waals surface area (Å²) in [5.74, 6) is 0.358. The van der Waals surface area contributed by atoms with E-state index in [-0.39, 0.29) is 23.9 Å². The molecule has 0 bridgehead atoms. The van der Waals surface area contributed by atoms with Gasteiger partial charge in [-0.25, -0.2) is 4.98 Å². The van der Waals surface area contributed by atoms with Crippen LogP contribution in [0.25, 0.3) is 11.0 Å². The first-order valence-corrected chi connectivity index (χ1v) is 8.74. The second-order valence-electron chi connectivity index (χ2n) is 5.73. The summed E-state index contributed by atoms with van der Waals surface area (Å²) in [6, 6.07) is 10.1. The molecule has 0 saturated carbocycles. The number of benzene rings is 1. The molecule has 1 aromatic carbocycles. The van der Waals surface area contributed by atoms with Gasteiger partial charge < -0.3 is 8.98 Å². The molecule has 0 spiro atoms. The number of alkyl halides is 3. The number of hydrogen-bond acceptors (Lipinski definition) is 4. The lowest BCUT2D eigenvalue weighted by Crippen LogP contribution is -2.15. The van der Waals surface area contributed by atoms with Crippen LogP contribution in [0, 0.1) is 0 Å². The number of hydrogen-bond donors (Lipinski definition) is 1. The van der Waals surface area contributed by atoms with E-state index in [9.17, 15) is 18.0 Å². The van der Waals surface area contributed by atoms with Crippen LogP contribution in [-0.2, 0) is 12.7 Å². The average molecular weight is 391 g/mol. The highest BCUT2D eigenvalue weighted by molar-refractivity contribution is 7.12. The van der Waals surface area contributed by atoms with E-state index < -0.39 is 11.7 Å². The number of furan rings is 1. The largest absolute Gasteiger partial charge is 0.467 e. The molecule has 3 aromatic heterocycles. The van der Waals surface area contributed by atoms with Crippen molar-refractivity contribution in [3.05, 3.63) is 70.3 Å². The minimum Gasteiger partial charge on any atom is -0.467 e. The highest BCUT2D eigenvalue weighted by atomic mass is 32.1. The van der Waals surface area contributed by atoms with Crippen molar-refractivity contribution in [2.24, 2.45) is 0 Å². The summed E-state index contributed by atoms with van der Waals surface area (Å²) in [7, 11) is 0. The first kappa shape index (κ1) is 17.3. The molecule has 0 radical (unpaired) electrons. The molecule has 3 heterocycles. The molecule has 4 rings (SSSR count). The van der Waals surface area contributed by atoms with Crippen LogP contribution in [0.4, 0.5) is 19.1 Å². The van der Waals surface area contributed by atoms with Crippen molar-refractivity contribution in [3.63, 3.8) is 0 Å². The molecule has 4 aromatic rings. The summed E-state index contributed by atoms with van der Waals surface area (Å²) < 4.78 is 46.0. The van der Waals surface area contributed by atoms with E-state index in [0.717, 1.165) is 12.1 Å². The summed E-state index contributed by atoms with van der Waals surface area (Å²) in [5.41, 5.74) is -0.201. The van der Waals surface area contributed by atoms with E-state index in [1.54, 1.807) is 34.2 Å². The van der Waals surface area contributed by atoms with E-state index in [2.05, 4.69) is 10.3 Å². The van der Waals surface area contributed by atoms with Gasteiger partial charge in [-0.05, 0) is 41.8 Å². The standard InChI is InChI=1S/C18H12F3N3O2S/c19-18(20,21)11-5-6-14-13(9-11)22-17(23-16(25)15-4-2-8-27-15)24(14)10-12-3-1-7-26-12/h1-9H,10H2,(H,22,23,25). The number of imidazole rings is 1. The number of amides is 1. The first-order valence-electron chi connectivity index (χ1n) is 7.86. The van der Waals surface area contributed by atoms with Crippen molar-refractivity contribution < 1.29 is 22.4 Å². The molecule has 1 N–H and O–H groups in total. The number of nitrogens with zero attached hydrogens (tertiary/aromatic N) is 2. The Kier molecular flexibility index (Phi) is 4.23. The molecule has 0 aliphatic rings. The van der Waals surface area contributed by atoms with E-state index in [0.29, 0.717) is 16.2 Å². The van der Waals surface area contributed by atoms with Crippen LogP contribution in [0.5, 0.6) is 0 Å². The maximum absolute atomic E-state index is 13.0. The molecule has 138 valence electrons. The number of carbonyl (C=O) groups excluding carboxylic acids is 1. The first-order chi connectivity index (χ1) is 12.9. The predicted octanol–water partition coefficient (Wildman–Crippen LogP) is 5.01. The summed E-state index contributed by atoms with van der Waals surface area (Å²) >= 11 is 1.26. The van der Waals surface area contributed by atoms with Gasteiger partial charge in [0.2, 0.25) is 5.95 Å². The Hall–Kier alpha value is -3.07. The van der Waals surface area contributed by atoms with Gasteiger partial charge >= 0.3 is 6.18 Å². The van der Waals surface area contributed by atoms with Crippen LogP contribution in [0.2, 0.25) is 0 Å². The quantitative estimate of drug-likeness (QED) is 0.532. The van der Waals surface area contributed by atoms with Crippen LogP contribution in [-0.4, -0.2) is 15.5 Å². The normalized spacial score (nSPS) is 11.8. The van der Waals surface area contributed by atoms with Gasteiger partial charge in [0.05, 0.1) is 34.3 Å². The summed E-state index contributed by atoms with van der Waals surface area (Å²) in [4.78, 5) is 17.1. The molecular weight excluding hydrogens is 379 g/mol. The molecule has 5 nitrogen and oxygen atoms in total. The van der Waals surface area contributed by atoms with Crippen molar-refractivity contribution in [3.8, 4) is 0 Å². The zero-order valence-corrected chi connectivity index (χ0v) is 14.5. The third kappa shape index (κ3) is 3.45. The molecule has 0 aliphatic carbocycles. The maximum Gasteiger partial charge on any atom is 0.416 e. The number of nitrogens with one attached hydrogen (secondary N) is 1. The number of carbonyl (C=O) groups is 1. The predicted molar refractivity (Wildman–Crippen MR) is 94.8 cm³/mol. The second-order valence-corrected chi connectivity index (χ2v) is 6.68. The van der Waals surface area contributed by atoms with Gasteiger partial charge in [0, 0.05) is 0 Å². The van der Waals surface area contributed by atoms with E-state index in [1.165, 1.54) is 23.7 Å². The van der Waals surface area contributed by atoms with Gasteiger partial charge in [-0.15, -0.1) is 11.3 Å². The van der Waals surface area contributed by atoms with Crippen LogP contribution in [0.15, 0.2) is 58.5 Å². The molecule has 9 heteroatoms. The molecule has 0 atom stereocenters. The molecule has 0 fully saturated rings. The van der Waals surface area contributed by atoms with Crippen molar-refractivity contribution in [2.75, 3.05) is 5.32 Å². The Labute approximate surface area is 155 Å². The third-order valence-corrected chi connectivity index (χ3v) is 4.81. The lowest BCUT2D eigenvalue weighted by Gasteiger charge is -2.09. The zero-order valence-electron chi connectivity index (χ0n) is 13.7. The number of rotatable bonds is 4. The van der Waals surface area contributed by atoms with Crippen molar-refractivity contribution in [1.82, 2.24) is 9.55 Å². The van der Waals surface area contributed by atoms with Gasteiger partial charge in [-0.2, -0.15) is 13.2 Å².